The molecule has 90 valence electrons. The first kappa shape index (κ1) is 13.1. The Morgan fingerprint density at radius 2 is 1.56 bits per heavy atom. The second kappa shape index (κ2) is 4.13. The van der Waals surface area contributed by atoms with Gasteiger partial charge in [-0.3, -0.25) is 0 Å². The molecule has 1 rings (SSSR count). The molecular formula is C11H14F2O2S. The van der Waals surface area contributed by atoms with Gasteiger partial charge < -0.3 is 0 Å². The molecule has 0 aliphatic carbocycles. The predicted octanol–water partition coefficient (Wildman–Crippen LogP) is 3.20. The summed E-state index contributed by atoms with van der Waals surface area (Å²) in [6, 6.07) is 5.57. The molecule has 0 aromatic heterocycles. The highest BCUT2D eigenvalue weighted by Gasteiger charge is 2.40. The first-order chi connectivity index (χ1) is 7.16. The molecule has 1 aromatic carbocycles. The first-order valence-corrected chi connectivity index (χ1v) is 6.37. The van der Waals surface area contributed by atoms with E-state index in [2.05, 4.69) is 0 Å². The van der Waals surface area contributed by atoms with Crippen LogP contribution in [-0.4, -0.2) is 13.7 Å². The molecule has 0 atom stereocenters. The third kappa shape index (κ3) is 2.40. The molecule has 0 radical (unpaired) electrons. The molecule has 5 heteroatoms. The Balaban J connectivity index is 3.18. The fourth-order valence-electron chi connectivity index (χ4n) is 1.24. The summed E-state index contributed by atoms with van der Waals surface area (Å²) in [5, 5.41) is -3.74. The zero-order valence-electron chi connectivity index (χ0n) is 9.37. The van der Waals surface area contributed by atoms with Crippen LogP contribution in [0.25, 0.3) is 0 Å². The van der Waals surface area contributed by atoms with Crippen molar-refractivity contribution in [2.45, 2.75) is 36.8 Å². The summed E-state index contributed by atoms with van der Waals surface area (Å²) in [5.74, 6) is 0.235. The lowest BCUT2D eigenvalue weighted by atomic mass is 10.0. The molecule has 0 saturated heterocycles. The lowest BCUT2D eigenvalue weighted by molar-refractivity contribution is 0.114. The van der Waals surface area contributed by atoms with Gasteiger partial charge in [0.1, 0.15) is 0 Å². The van der Waals surface area contributed by atoms with Gasteiger partial charge in [-0.25, -0.2) is 8.42 Å². The van der Waals surface area contributed by atoms with E-state index >= 15 is 0 Å². The van der Waals surface area contributed by atoms with Crippen molar-refractivity contribution in [3.63, 3.8) is 0 Å². The summed E-state index contributed by atoms with van der Waals surface area (Å²) in [4.78, 5) is -0.343. The summed E-state index contributed by atoms with van der Waals surface area (Å²) in [7, 11) is -4.55. The minimum Gasteiger partial charge on any atom is -0.217 e. The van der Waals surface area contributed by atoms with Crippen LogP contribution in [0.4, 0.5) is 8.78 Å². The Kier molecular flexibility index (Phi) is 3.38. The van der Waals surface area contributed by atoms with Gasteiger partial charge >= 0.3 is 5.25 Å². The summed E-state index contributed by atoms with van der Waals surface area (Å²) >= 11 is 0. The van der Waals surface area contributed by atoms with Crippen molar-refractivity contribution in [3.05, 3.63) is 29.8 Å². The molecule has 0 saturated carbocycles. The lowest BCUT2D eigenvalue weighted by Gasteiger charge is -2.12. The van der Waals surface area contributed by atoms with Gasteiger partial charge in [0, 0.05) is 6.92 Å². The normalized spacial score (nSPS) is 13.1. The van der Waals surface area contributed by atoms with Crippen molar-refractivity contribution in [1.82, 2.24) is 0 Å². The SMILES string of the molecule is CC(C)c1ccc(S(=O)(=O)C(C)(F)F)cc1. The number of hydrogen-bond acceptors (Lipinski definition) is 2. The molecule has 0 heterocycles. The van der Waals surface area contributed by atoms with Gasteiger partial charge in [-0.05, 0) is 23.6 Å². The molecule has 2 nitrogen and oxygen atoms in total. The second-order valence-electron chi connectivity index (χ2n) is 4.03. The number of hydrogen-bond donors (Lipinski definition) is 0. The van der Waals surface area contributed by atoms with Crippen LogP contribution in [0.2, 0.25) is 0 Å². The Morgan fingerprint density at radius 1 is 1.12 bits per heavy atom. The number of rotatable bonds is 3. The van der Waals surface area contributed by atoms with E-state index in [0.29, 0.717) is 6.92 Å². The zero-order chi connectivity index (χ0) is 12.6. The second-order valence-corrected chi connectivity index (χ2v) is 6.23. The maximum Gasteiger partial charge on any atom is 0.347 e. The Hall–Kier alpha value is -0.970. The Morgan fingerprint density at radius 3 is 1.88 bits per heavy atom. The standard InChI is InChI=1S/C11H14F2O2S/c1-8(2)9-4-6-10(7-5-9)16(14,15)11(3,12)13/h4-8H,1-3H3. The molecule has 0 aliphatic rings. The van der Waals surface area contributed by atoms with Gasteiger partial charge in [-0.2, -0.15) is 8.78 Å². The Bertz CT molecular complexity index is 456. The Labute approximate surface area is 94.2 Å². The van der Waals surface area contributed by atoms with Crippen molar-refractivity contribution in [1.29, 1.82) is 0 Å². The molecule has 0 spiro atoms. The molecule has 0 N–H and O–H groups in total. The molecule has 0 bridgehead atoms. The van der Waals surface area contributed by atoms with E-state index in [1.165, 1.54) is 12.1 Å². The zero-order valence-corrected chi connectivity index (χ0v) is 10.2. The molecule has 0 amide bonds. The highest BCUT2D eigenvalue weighted by atomic mass is 32.2. The topological polar surface area (TPSA) is 34.1 Å². The molecule has 16 heavy (non-hydrogen) atoms. The van der Waals surface area contributed by atoms with E-state index in [-0.39, 0.29) is 10.8 Å². The van der Waals surface area contributed by atoms with E-state index in [9.17, 15) is 17.2 Å². The highest BCUT2D eigenvalue weighted by Crippen LogP contribution is 2.29. The number of benzene rings is 1. The number of sulfone groups is 1. The van der Waals surface area contributed by atoms with Crippen LogP contribution in [0.3, 0.4) is 0 Å². The van der Waals surface area contributed by atoms with E-state index in [4.69, 9.17) is 0 Å². The maximum atomic E-state index is 12.9. The third-order valence-corrected chi connectivity index (χ3v) is 4.17. The van der Waals surface area contributed by atoms with Crippen molar-refractivity contribution >= 4 is 9.84 Å². The average Bonchev–Trinajstić information content (AvgIpc) is 2.16. The van der Waals surface area contributed by atoms with Crippen LogP contribution < -0.4 is 0 Å². The van der Waals surface area contributed by atoms with Crippen molar-refractivity contribution < 1.29 is 17.2 Å². The van der Waals surface area contributed by atoms with Gasteiger partial charge in [0.05, 0.1) is 4.90 Å². The minimum absolute atomic E-state index is 0.235. The first-order valence-electron chi connectivity index (χ1n) is 4.88. The van der Waals surface area contributed by atoms with E-state index in [1.807, 2.05) is 13.8 Å². The van der Waals surface area contributed by atoms with Gasteiger partial charge in [0.2, 0.25) is 9.84 Å². The predicted molar refractivity (Wildman–Crippen MR) is 58.3 cm³/mol. The van der Waals surface area contributed by atoms with Crippen molar-refractivity contribution in [2.75, 3.05) is 0 Å². The maximum absolute atomic E-state index is 12.9. The van der Waals surface area contributed by atoms with E-state index in [1.54, 1.807) is 12.1 Å². The van der Waals surface area contributed by atoms with Crippen LogP contribution >= 0.6 is 0 Å². The monoisotopic (exact) mass is 248 g/mol. The van der Waals surface area contributed by atoms with Crippen molar-refractivity contribution in [2.24, 2.45) is 0 Å². The van der Waals surface area contributed by atoms with Gasteiger partial charge in [0.15, 0.2) is 0 Å². The third-order valence-electron chi connectivity index (χ3n) is 2.33. The van der Waals surface area contributed by atoms with Crippen LogP contribution in [0.1, 0.15) is 32.3 Å². The molecule has 1 aromatic rings. The average molecular weight is 248 g/mol. The summed E-state index contributed by atoms with van der Waals surface area (Å²) in [6.07, 6.45) is 0. The fraction of sp³-hybridized carbons (Fsp3) is 0.455. The fourth-order valence-corrected chi connectivity index (χ4v) is 2.15. The summed E-state index contributed by atoms with van der Waals surface area (Å²) < 4.78 is 48.5. The smallest absolute Gasteiger partial charge is 0.217 e. The summed E-state index contributed by atoms with van der Waals surface area (Å²) in [6.45, 7) is 4.27. The molecule has 0 aliphatic heterocycles. The quantitative estimate of drug-likeness (QED) is 0.823. The van der Waals surface area contributed by atoms with Crippen LogP contribution in [0, 0.1) is 0 Å². The number of alkyl halides is 2. The van der Waals surface area contributed by atoms with Crippen LogP contribution in [0.15, 0.2) is 29.2 Å². The van der Waals surface area contributed by atoms with E-state index in [0.717, 1.165) is 5.56 Å². The van der Waals surface area contributed by atoms with Crippen LogP contribution in [0.5, 0.6) is 0 Å². The van der Waals surface area contributed by atoms with Gasteiger partial charge in [-0.1, -0.05) is 26.0 Å². The number of halogens is 2. The molecule has 0 unspecified atom stereocenters. The molecule has 0 fully saturated rings. The lowest BCUT2D eigenvalue weighted by Crippen LogP contribution is -2.24. The highest BCUT2D eigenvalue weighted by molar-refractivity contribution is 7.92. The van der Waals surface area contributed by atoms with E-state index < -0.39 is 15.1 Å². The minimum atomic E-state index is -4.55. The van der Waals surface area contributed by atoms with Crippen LogP contribution in [-0.2, 0) is 9.84 Å². The molecular weight excluding hydrogens is 234 g/mol. The van der Waals surface area contributed by atoms with Crippen molar-refractivity contribution in [3.8, 4) is 0 Å². The summed E-state index contributed by atoms with van der Waals surface area (Å²) in [5.41, 5.74) is 0.915. The largest absolute Gasteiger partial charge is 0.347 e. The van der Waals surface area contributed by atoms with Gasteiger partial charge in [-0.15, -0.1) is 0 Å². The van der Waals surface area contributed by atoms with Gasteiger partial charge in [0.25, 0.3) is 0 Å².